The lowest BCUT2D eigenvalue weighted by molar-refractivity contribution is 0.0737. The maximum atomic E-state index is 12.5. The molecule has 0 bridgehead atoms. The molecule has 1 amide bonds. The molecule has 5 heteroatoms. The predicted octanol–water partition coefficient (Wildman–Crippen LogP) is 1.46. The zero-order chi connectivity index (χ0) is 14.0. The SMILES string of the molecule is CNCC1CCCN1C(=O)c1cnn(C(C)(C)C)c1. The highest BCUT2D eigenvalue weighted by Crippen LogP contribution is 2.20. The van der Waals surface area contributed by atoms with Crippen molar-refractivity contribution in [2.75, 3.05) is 20.1 Å². The normalized spacial score (nSPS) is 20.0. The van der Waals surface area contributed by atoms with Gasteiger partial charge in [-0.05, 0) is 40.7 Å². The van der Waals surface area contributed by atoms with Gasteiger partial charge in [-0.2, -0.15) is 5.10 Å². The molecule has 0 aliphatic carbocycles. The van der Waals surface area contributed by atoms with E-state index < -0.39 is 0 Å². The van der Waals surface area contributed by atoms with Crippen LogP contribution in [0.15, 0.2) is 12.4 Å². The van der Waals surface area contributed by atoms with Crippen molar-refractivity contribution in [1.82, 2.24) is 20.0 Å². The maximum absolute atomic E-state index is 12.5. The first-order chi connectivity index (χ1) is 8.93. The summed E-state index contributed by atoms with van der Waals surface area (Å²) in [5.41, 5.74) is 0.603. The molecule has 0 saturated carbocycles. The molecule has 1 aliphatic heterocycles. The molecule has 1 aromatic rings. The molecule has 0 spiro atoms. The van der Waals surface area contributed by atoms with Gasteiger partial charge in [-0.1, -0.05) is 0 Å². The van der Waals surface area contributed by atoms with Crippen LogP contribution in [0.1, 0.15) is 44.0 Å². The van der Waals surface area contributed by atoms with E-state index in [1.54, 1.807) is 6.20 Å². The van der Waals surface area contributed by atoms with Crippen molar-refractivity contribution in [1.29, 1.82) is 0 Å². The van der Waals surface area contributed by atoms with Gasteiger partial charge in [-0.3, -0.25) is 9.48 Å². The number of nitrogens with one attached hydrogen (secondary N) is 1. The summed E-state index contributed by atoms with van der Waals surface area (Å²) in [6, 6.07) is 0.315. The van der Waals surface area contributed by atoms with Gasteiger partial charge in [0, 0.05) is 25.3 Å². The molecule has 0 radical (unpaired) electrons. The standard InChI is InChI=1S/C14H24N4O/c1-14(2,3)18-10-11(8-16-18)13(19)17-7-5-6-12(17)9-15-4/h8,10,12,15H,5-7,9H2,1-4H3. The van der Waals surface area contributed by atoms with Crippen LogP contribution in [0.2, 0.25) is 0 Å². The van der Waals surface area contributed by atoms with Crippen LogP contribution < -0.4 is 5.32 Å². The zero-order valence-electron chi connectivity index (χ0n) is 12.3. The lowest BCUT2D eigenvalue weighted by Crippen LogP contribution is -2.40. The van der Waals surface area contributed by atoms with Crippen LogP contribution in [0.4, 0.5) is 0 Å². The van der Waals surface area contributed by atoms with Crippen molar-refractivity contribution in [3.8, 4) is 0 Å². The van der Waals surface area contributed by atoms with E-state index in [-0.39, 0.29) is 11.4 Å². The minimum absolute atomic E-state index is 0.0894. The van der Waals surface area contributed by atoms with E-state index in [0.29, 0.717) is 11.6 Å². The first-order valence-corrected chi connectivity index (χ1v) is 6.94. The first-order valence-electron chi connectivity index (χ1n) is 6.94. The van der Waals surface area contributed by atoms with Gasteiger partial charge in [0.25, 0.3) is 5.91 Å². The number of carbonyl (C=O) groups is 1. The maximum Gasteiger partial charge on any atom is 0.257 e. The Balaban J connectivity index is 2.13. The van der Waals surface area contributed by atoms with E-state index in [2.05, 4.69) is 31.2 Å². The Hall–Kier alpha value is -1.36. The number of likely N-dealkylation sites (tertiary alicyclic amines) is 1. The molecule has 1 fully saturated rings. The molecule has 0 aromatic carbocycles. The number of aromatic nitrogens is 2. The second-order valence-electron chi connectivity index (χ2n) is 6.20. The van der Waals surface area contributed by atoms with E-state index >= 15 is 0 Å². The fraction of sp³-hybridized carbons (Fsp3) is 0.714. The van der Waals surface area contributed by atoms with Crippen LogP contribution in [-0.2, 0) is 5.54 Å². The molecule has 1 N–H and O–H groups in total. The minimum Gasteiger partial charge on any atom is -0.334 e. The number of carbonyl (C=O) groups excluding carboxylic acids is 1. The second kappa shape index (κ2) is 5.33. The summed E-state index contributed by atoms with van der Waals surface area (Å²) < 4.78 is 1.85. The number of hydrogen-bond donors (Lipinski definition) is 1. The van der Waals surface area contributed by atoms with Gasteiger partial charge in [0.1, 0.15) is 0 Å². The van der Waals surface area contributed by atoms with Crippen LogP contribution in [0, 0.1) is 0 Å². The Labute approximate surface area is 115 Å². The summed E-state index contributed by atoms with van der Waals surface area (Å²) in [5, 5.41) is 7.47. The summed E-state index contributed by atoms with van der Waals surface area (Å²) in [6.45, 7) is 7.95. The molecule has 1 saturated heterocycles. The molecule has 1 atom stereocenters. The van der Waals surface area contributed by atoms with Crippen LogP contribution in [-0.4, -0.2) is 46.8 Å². The predicted molar refractivity (Wildman–Crippen MR) is 75.2 cm³/mol. The van der Waals surface area contributed by atoms with Crippen molar-refractivity contribution in [3.05, 3.63) is 18.0 Å². The molecular weight excluding hydrogens is 240 g/mol. The molecule has 2 rings (SSSR count). The van der Waals surface area contributed by atoms with E-state index in [9.17, 15) is 4.79 Å². The van der Waals surface area contributed by atoms with E-state index in [0.717, 1.165) is 25.9 Å². The summed E-state index contributed by atoms with van der Waals surface area (Å²) in [7, 11) is 1.93. The van der Waals surface area contributed by atoms with E-state index in [4.69, 9.17) is 0 Å². The van der Waals surface area contributed by atoms with Crippen molar-refractivity contribution >= 4 is 5.91 Å². The van der Waals surface area contributed by atoms with Crippen LogP contribution in [0.25, 0.3) is 0 Å². The molecule has 1 unspecified atom stereocenters. The Morgan fingerprint density at radius 3 is 2.84 bits per heavy atom. The van der Waals surface area contributed by atoms with Crippen molar-refractivity contribution in [2.45, 2.75) is 45.2 Å². The average Bonchev–Trinajstić information content (AvgIpc) is 2.96. The number of likely N-dealkylation sites (N-methyl/N-ethyl adjacent to an activating group) is 1. The highest BCUT2D eigenvalue weighted by Gasteiger charge is 2.30. The summed E-state index contributed by atoms with van der Waals surface area (Å²) in [6.07, 6.45) is 5.71. The molecule has 1 aliphatic rings. The van der Waals surface area contributed by atoms with E-state index in [1.165, 1.54) is 0 Å². The third kappa shape index (κ3) is 2.97. The van der Waals surface area contributed by atoms with Gasteiger partial charge in [0.15, 0.2) is 0 Å². The Morgan fingerprint density at radius 2 is 2.26 bits per heavy atom. The molecule has 19 heavy (non-hydrogen) atoms. The van der Waals surface area contributed by atoms with E-state index in [1.807, 2.05) is 22.8 Å². The zero-order valence-corrected chi connectivity index (χ0v) is 12.3. The lowest BCUT2D eigenvalue weighted by Gasteiger charge is -2.24. The fourth-order valence-electron chi connectivity index (χ4n) is 2.52. The summed E-state index contributed by atoms with van der Waals surface area (Å²) in [5.74, 6) is 0.105. The average molecular weight is 264 g/mol. The number of nitrogens with zero attached hydrogens (tertiary/aromatic N) is 3. The number of hydrogen-bond acceptors (Lipinski definition) is 3. The summed E-state index contributed by atoms with van der Waals surface area (Å²) in [4.78, 5) is 14.5. The largest absolute Gasteiger partial charge is 0.334 e. The Kier molecular flexibility index (Phi) is 3.94. The van der Waals surface area contributed by atoms with Crippen LogP contribution in [0.5, 0.6) is 0 Å². The van der Waals surface area contributed by atoms with Crippen molar-refractivity contribution in [3.63, 3.8) is 0 Å². The molecule has 1 aromatic heterocycles. The minimum atomic E-state index is -0.0894. The second-order valence-corrected chi connectivity index (χ2v) is 6.20. The number of rotatable bonds is 3. The smallest absolute Gasteiger partial charge is 0.257 e. The Bertz CT molecular complexity index is 447. The van der Waals surface area contributed by atoms with Gasteiger partial charge in [-0.15, -0.1) is 0 Å². The number of amides is 1. The monoisotopic (exact) mass is 264 g/mol. The topological polar surface area (TPSA) is 50.2 Å². The summed E-state index contributed by atoms with van der Waals surface area (Å²) >= 11 is 0. The highest BCUT2D eigenvalue weighted by atomic mass is 16.2. The van der Waals surface area contributed by atoms with Crippen LogP contribution in [0.3, 0.4) is 0 Å². The third-order valence-electron chi connectivity index (χ3n) is 3.59. The first kappa shape index (κ1) is 14.1. The van der Waals surface area contributed by atoms with Gasteiger partial charge < -0.3 is 10.2 Å². The molecular formula is C14H24N4O. The van der Waals surface area contributed by atoms with Crippen molar-refractivity contribution in [2.24, 2.45) is 0 Å². The molecule has 106 valence electrons. The molecule has 2 heterocycles. The fourth-order valence-corrected chi connectivity index (χ4v) is 2.52. The van der Waals surface area contributed by atoms with Crippen molar-refractivity contribution < 1.29 is 4.79 Å². The van der Waals surface area contributed by atoms with Gasteiger partial charge >= 0.3 is 0 Å². The van der Waals surface area contributed by atoms with Gasteiger partial charge in [-0.25, -0.2) is 0 Å². The quantitative estimate of drug-likeness (QED) is 0.899. The molecule has 5 nitrogen and oxygen atoms in total. The van der Waals surface area contributed by atoms with Crippen LogP contribution >= 0.6 is 0 Å². The third-order valence-corrected chi connectivity index (χ3v) is 3.59. The van der Waals surface area contributed by atoms with Gasteiger partial charge in [0.2, 0.25) is 0 Å². The Morgan fingerprint density at radius 1 is 1.53 bits per heavy atom. The van der Waals surface area contributed by atoms with Gasteiger partial charge in [0.05, 0.1) is 17.3 Å². The highest BCUT2D eigenvalue weighted by molar-refractivity contribution is 5.94. The lowest BCUT2D eigenvalue weighted by atomic mass is 10.1.